The zero-order valence-electron chi connectivity index (χ0n) is 12.4. The molecule has 8 heteroatoms. The number of fused-ring (bicyclic) bond motifs is 1. The molecule has 0 radical (unpaired) electrons. The molecule has 22 heavy (non-hydrogen) atoms. The molecule has 1 aromatic heterocycles. The van der Waals surface area contributed by atoms with E-state index in [1.165, 1.54) is 6.20 Å². The van der Waals surface area contributed by atoms with E-state index in [2.05, 4.69) is 5.10 Å². The van der Waals surface area contributed by atoms with Crippen molar-refractivity contribution in [2.75, 3.05) is 13.2 Å². The van der Waals surface area contributed by atoms with Crippen LogP contribution in [0.25, 0.3) is 10.9 Å². The van der Waals surface area contributed by atoms with Gasteiger partial charge < -0.3 is 9.31 Å². The van der Waals surface area contributed by atoms with Crippen LogP contribution in [0.5, 0.6) is 0 Å². The van der Waals surface area contributed by atoms with Crippen LogP contribution in [0.2, 0.25) is 0 Å². The lowest BCUT2D eigenvalue weighted by Crippen LogP contribution is -2.47. The van der Waals surface area contributed by atoms with Crippen molar-refractivity contribution in [1.82, 2.24) is 9.78 Å². The molecule has 0 saturated carbocycles. The van der Waals surface area contributed by atoms with E-state index < -0.39 is 19.8 Å². The van der Waals surface area contributed by atoms with Gasteiger partial charge in [-0.3, -0.25) is 4.68 Å². The third-order valence-electron chi connectivity index (χ3n) is 3.52. The minimum atomic E-state index is -4.29. The van der Waals surface area contributed by atoms with Gasteiger partial charge in [0.25, 0.3) is 0 Å². The van der Waals surface area contributed by atoms with Crippen LogP contribution in [0.1, 0.15) is 13.8 Å². The quantitative estimate of drug-likeness (QED) is 0.799. The Hall–Kier alpha value is -1.54. The van der Waals surface area contributed by atoms with Gasteiger partial charge in [0.2, 0.25) is 0 Å². The van der Waals surface area contributed by atoms with Crippen molar-refractivity contribution in [1.29, 1.82) is 0 Å². The average Bonchev–Trinajstić information content (AvgIpc) is 2.79. The monoisotopic (exact) mass is 312 g/mol. The van der Waals surface area contributed by atoms with Gasteiger partial charge >= 0.3 is 13.3 Å². The molecule has 0 aliphatic carbocycles. The second-order valence-corrected chi connectivity index (χ2v) is 6.35. The fourth-order valence-corrected chi connectivity index (χ4v) is 2.43. The minimum Gasteiger partial charge on any atom is -0.407 e. The number of hydrogen-bond acceptors (Lipinski definition) is 3. The number of hydrogen-bond donors (Lipinski definition) is 0. The van der Waals surface area contributed by atoms with Gasteiger partial charge in [0.1, 0.15) is 6.54 Å². The average molecular weight is 312 g/mol. The predicted molar refractivity (Wildman–Crippen MR) is 76.9 cm³/mol. The van der Waals surface area contributed by atoms with Crippen LogP contribution in [0.4, 0.5) is 13.2 Å². The number of halogens is 3. The van der Waals surface area contributed by atoms with Gasteiger partial charge in [-0.25, -0.2) is 0 Å². The first-order chi connectivity index (χ1) is 10.2. The van der Waals surface area contributed by atoms with Gasteiger partial charge in [0.15, 0.2) is 0 Å². The van der Waals surface area contributed by atoms with Crippen molar-refractivity contribution in [3.8, 4) is 0 Å². The van der Waals surface area contributed by atoms with Crippen LogP contribution in [0.15, 0.2) is 24.4 Å². The molecule has 3 rings (SSSR count). The summed E-state index contributed by atoms with van der Waals surface area (Å²) in [7, 11) is -0.483. The number of nitrogens with zero attached hydrogens (tertiary/aromatic N) is 2. The molecule has 1 fully saturated rings. The van der Waals surface area contributed by atoms with Crippen LogP contribution < -0.4 is 5.46 Å². The van der Waals surface area contributed by atoms with Crippen LogP contribution >= 0.6 is 0 Å². The zero-order valence-corrected chi connectivity index (χ0v) is 12.4. The van der Waals surface area contributed by atoms with Crippen LogP contribution in [-0.4, -0.2) is 36.3 Å². The van der Waals surface area contributed by atoms with Crippen LogP contribution in [0.3, 0.4) is 0 Å². The molecule has 0 amide bonds. The third-order valence-corrected chi connectivity index (χ3v) is 3.52. The smallest absolute Gasteiger partial charge is 0.407 e. The first-order valence-electron chi connectivity index (χ1n) is 6.99. The maximum atomic E-state index is 12.5. The van der Waals surface area contributed by atoms with Crippen molar-refractivity contribution >= 4 is 23.5 Å². The van der Waals surface area contributed by atoms with Crippen molar-refractivity contribution < 1.29 is 22.5 Å². The summed E-state index contributed by atoms with van der Waals surface area (Å²) in [5.74, 6) is 0. The first kappa shape index (κ1) is 15.4. The predicted octanol–water partition coefficient (Wildman–Crippen LogP) is 2.37. The lowest BCUT2D eigenvalue weighted by Gasteiger charge is -2.33. The van der Waals surface area contributed by atoms with E-state index in [4.69, 9.17) is 9.31 Å². The summed E-state index contributed by atoms with van der Waals surface area (Å²) in [5, 5.41) is 4.44. The van der Waals surface area contributed by atoms with Gasteiger partial charge in [-0.05, 0) is 11.5 Å². The van der Waals surface area contributed by atoms with Gasteiger partial charge in [0, 0.05) is 24.0 Å². The SMILES string of the molecule is CC1(C)COB(c2ccc3c(cnn3CC(F)(F)F)c2)OC1. The number of rotatable bonds is 2. The van der Waals surface area contributed by atoms with Crippen molar-refractivity contribution in [2.45, 2.75) is 26.6 Å². The normalized spacial score (nSPS) is 18.9. The standard InChI is InChI=1S/C14H16BF3N2O2/c1-13(2)8-21-15(22-9-13)11-3-4-12-10(5-11)6-19-20(12)7-14(16,17)18/h3-6H,7-9H2,1-2H3. The van der Waals surface area contributed by atoms with E-state index in [9.17, 15) is 13.2 Å². The lowest BCUT2D eigenvalue weighted by atomic mass is 9.75. The fraction of sp³-hybridized carbons (Fsp3) is 0.500. The lowest BCUT2D eigenvalue weighted by molar-refractivity contribution is -0.141. The molecule has 0 atom stereocenters. The molecular weight excluding hydrogens is 296 g/mol. The Labute approximate surface area is 126 Å². The van der Waals surface area contributed by atoms with E-state index in [1.54, 1.807) is 18.2 Å². The molecule has 1 saturated heterocycles. The summed E-state index contributed by atoms with van der Waals surface area (Å²) in [6.45, 7) is 4.15. The Morgan fingerprint density at radius 3 is 2.59 bits per heavy atom. The second-order valence-electron chi connectivity index (χ2n) is 6.35. The molecule has 1 aromatic carbocycles. The highest BCUT2D eigenvalue weighted by Crippen LogP contribution is 2.23. The molecule has 2 aromatic rings. The molecule has 4 nitrogen and oxygen atoms in total. The highest BCUT2D eigenvalue weighted by Gasteiger charge is 2.34. The fourth-order valence-electron chi connectivity index (χ4n) is 2.43. The molecule has 1 aliphatic rings. The first-order valence-corrected chi connectivity index (χ1v) is 6.99. The largest absolute Gasteiger partial charge is 0.493 e. The Morgan fingerprint density at radius 1 is 1.27 bits per heavy atom. The van der Waals surface area contributed by atoms with E-state index in [0.717, 1.165) is 10.1 Å². The molecule has 0 bridgehead atoms. The summed E-state index contributed by atoms with van der Waals surface area (Å²) in [5.41, 5.74) is 1.20. The second kappa shape index (κ2) is 5.28. The maximum Gasteiger partial charge on any atom is 0.493 e. The number of alkyl halides is 3. The summed E-state index contributed by atoms with van der Waals surface area (Å²) in [4.78, 5) is 0. The van der Waals surface area contributed by atoms with Gasteiger partial charge in [-0.2, -0.15) is 18.3 Å². The van der Waals surface area contributed by atoms with E-state index >= 15 is 0 Å². The van der Waals surface area contributed by atoms with Gasteiger partial charge in [0.05, 0.1) is 11.7 Å². The highest BCUT2D eigenvalue weighted by atomic mass is 19.4. The van der Waals surface area contributed by atoms with E-state index in [-0.39, 0.29) is 5.41 Å². The van der Waals surface area contributed by atoms with E-state index in [1.807, 2.05) is 13.8 Å². The Balaban J connectivity index is 1.83. The summed E-state index contributed by atoms with van der Waals surface area (Å²) in [6.07, 6.45) is -2.86. The molecule has 0 N–H and O–H groups in total. The Bertz CT molecular complexity index is 674. The van der Waals surface area contributed by atoms with E-state index in [0.29, 0.717) is 24.1 Å². The topological polar surface area (TPSA) is 36.3 Å². The molecular formula is C14H16BF3N2O2. The summed E-state index contributed by atoms with van der Waals surface area (Å²) in [6, 6.07) is 5.11. The number of aromatic nitrogens is 2. The van der Waals surface area contributed by atoms with Crippen molar-refractivity contribution in [3.63, 3.8) is 0 Å². The number of benzene rings is 1. The molecule has 2 heterocycles. The van der Waals surface area contributed by atoms with Crippen molar-refractivity contribution in [2.24, 2.45) is 5.41 Å². The van der Waals surface area contributed by atoms with Crippen LogP contribution in [-0.2, 0) is 15.9 Å². The minimum absolute atomic E-state index is 0.0296. The highest BCUT2D eigenvalue weighted by molar-refractivity contribution is 6.61. The maximum absolute atomic E-state index is 12.5. The zero-order chi connectivity index (χ0) is 16.0. The molecule has 118 valence electrons. The van der Waals surface area contributed by atoms with Crippen molar-refractivity contribution in [3.05, 3.63) is 24.4 Å². The molecule has 1 aliphatic heterocycles. The summed E-state index contributed by atoms with van der Waals surface area (Å²) < 4.78 is 49.8. The molecule has 0 unspecified atom stereocenters. The van der Waals surface area contributed by atoms with Gasteiger partial charge in [-0.15, -0.1) is 0 Å². The summed E-state index contributed by atoms with van der Waals surface area (Å²) >= 11 is 0. The Morgan fingerprint density at radius 2 is 1.95 bits per heavy atom. The van der Waals surface area contributed by atoms with Crippen LogP contribution in [0, 0.1) is 5.41 Å². The van der Waals surface area contributed by atoms with Gasteiger partial charge in [-0.1, -0.05) is 26.0 Å². The molecule has 0 spiro atoms. The third kappa shape index (κ3) is 3.28. The Kier molecular flexibility index (Phi) is 3.68.